The fraction of sp³-hybridized carbons (Fsp3) is 0.364. The lowest BCUT2D eigenvalue weighted by molar-refractivity contribution is -0.138. The predicted molar refractivity (Wildman–Crippen MR) is 122 cm³/mol. The average Bonchev–Trinajstić information content (AvgIpc) is 2.73. The first-order valence-corrected chi connectivity index (χ1v) is 11.4. The van der Waals surface area contributed by atoms with E-state index in [-0.39, 0.29) is 11.8 Å². The lowest BCUT2D eigenvalue weighted by Gasteiger charge is -2.28. The molecule has 0 radical (unpaired) electrons. The van der Waals surface area contributed by atoms with E-state index in [4.69, 9.17) is 4.74 Å². The molecule has 1 N–H and O–H groups in total. The first-order valence-electron chi connectivity index (χ1n) is 9.47. The fourth-order valence-corrected chi connectivity index (χ4v) is 3.93. The van der Waals surface area contributed by atoms with E-state index in [1.807, 2.05) is 55.5 Å². The van der Waals surface area contributed by atoms with Gasteiger partial charge in [0.15, 0.2) is 0 Å². The second kappa shape index (κ2) is 11.9. The Hall–Kier alpha value is -1.99. The molecule has 0 aliphatic carbocycles. The van der Waals surface area contributed by atoms with E-state index in [0.29, 0.717) is 18.8 Å². The number of thioether (sulfide) groups is 1. The summed E-state index contributed by atoms with van der Waals surface area (Å²) in [4.78, 5) is 27.0. The zero-order valence-electron chi connectivity index (χ0n) is 17.0. The number of carbonyl (C=O) groups is 2. The molecule has 2 aromatic carbocycles. The minimum Gasteiger partial charge on any atom is -0.497 e. The van der Waals surface area contributed by atoms with Crippen molar-refractivity contribution in [2.75, 3.05) is 19.4 Å². The summed E-state index contributed by atoms with van der Waals surface area (Å²) in [6.07, 6.45) is 0. The maximum Gasteiger partial charge on any atom is 0.242 e. The topological polar surface area (TPSA) is 58.6 Å². The van der Waals surface area contributed by atoms with Crippen LogP contribution in [0, 0.1) is 0 Å². The van der Waals surface area contributed by atoms with E-state index in [1.54, 1.807) is 30.7 Å². The number of likely N-dealkylation sites (N-methyl/N-ethyl adjacent to an activating group) is 1. The van der Waals surface area contributed by atoms with Gasteiger partial charge in [-0.25, -0.2) is 0 Å². The van der Waals surface area contributed by atoms with E-state index < -0.39 is 6.04 Å². The third-order valence-corrected chi connectivity index (χ3v) is 5.93. The Balaban J connectivity index is 2.06. The number of ether oxygens (including phenoxy) is 1. The number of halogens is 1. The van der Waals surface area contributed by atoms with Gasteiger partial charge in [-0.2, -0.15) is 0 Å². The highest BCUT2D eigenvalue weighted by molar-refractivity contribution is 9.10. The van der Waals surface area contributed by atoms with Gasteiger partial charge in [0.05, 0.1) is 12.9 Å². The molecule has 0 saturated carbocycles. The fourth-order valence-electron chi connectivity index (χ4n) is 2.79. The molecule has 0 aliphatic rings. The Morgan fingerprint density at radius 2 is 1.90 bits per heavy atom. The van der Waals surface area contributed by atoms with Crippen molar-refractivity contribution < 1.29 is 14.3 Å². The van der Waals surface area contributed by atoms with Crippen molar-refractivity contribution in [3.05, 3.63) is 64.1 Å². The lowest BCUT2D eigenvalue weighted by atomic mass is 10.1. The normalized spacial score (nSPS) is 11.6. The van der Waals surface area contributed by atoms with Crippen LogP contribution >= 0.6 is 27.7 Å². The number of methoxy groups -OCH3 is 1. The van der Waals surface area contributed by atoms with Gasteiger partial charge in [-0.1, -0.05) is 40.2 Å². The summed E-state index contributed by atoms with van der Waals surface area (Å²) in [5.41, 5.74) is 2.08. The maximum atomic E-state index is 13.0. The molecule has 7 heteroatoms. The largest absolute Gasteiger partial charge is 0.497 e. The molecule has 2 amide bonds. The van der Waals surface area contributed by atoms with Gasteiger partial charge in [-0.15, -0.1) is 11.8 Å². The van der Waals surface area contributed by atoms with Crippen molar-refractivity contribution in [3.63, 3.8) is 0 Å². The highest BCUT2D eigenvalue weighted by Crippen LogP contribution is 2.19. The number of nitrogens with zero attached hydrogens (tertiary/aromatic N) is 1. The number of benzene rings is 2. The van der Waals surface area contributed by atoms with Crippen molar-refractivity contribution in [2.24, 2.45) is 0 Å². The van der Waals surface area contributed by atoms with E-state index in [1.165, 1.54) is 0 Å². The van der Waals surface area contributed by atoms with Crippen LogP contribution in [-0.2, 0) is 21.9 Å². The molecular formula is C22H27BrN2O3S. The monoisotopic (exact) mass is 478 g/mol. The van der Waals surface area contributed by atoms with Gasteiger partial charge in [0.25, 0.3) is 0 Å². The van der Waals surface area contributed by atoms with Crippen LogP contribution in [0.1, 0.15) is 25.0 Å². The highest BCUT2D eigenvalue weighted by atomic mass is 79.9. The zero-order chi connectivity index (χ0) is 21.2. The Kier molecular flexibility index (Phi) is 9.54. The van der Waals surface area contributed by atoms with E-state index in [2.05, 4.69) is 21.2 Å². The molecule has 1 atom stereocenters. The third kappa shape index (κ3) is 7.40. The molecule has 0 spiro atoms. The SMILES string of the molecule is CCNC(=O)[C@@H](C)N(Cc1cccc(OC)c1)C(=O)CSCc1ccc(Br)cc1. The van der Waals surface area contributed by atoms with E-state index in [9.17, 15) is 9.59 Å². The molecule has 0 aliphatic heterocycles. The summed E-state index contributed by atoms with van der Waals surface area (Å²) in [6.45, 7) is 4.52. The molecule has 2 aromatic rings. The van der Waals surface area contributed by atoms with Gasteiger partial charge in [0, 0.05) is 23.3 Å². The van der Waals surface area contributed by atoms with Crippen LogP contribution in [0.2, 0.25) is 0 Å². The average molecular weight is 479 g/mol. The number of hydrogen-bond acceptors (Lipinski definition) is 4. The standard InChI is InChI=1S/C22H27BrN2O3S/c1-4-24-22(27)16(2)25(13-18-6-5-7-20(12-18)28-3)21(26)15-29-14-17-8-10-19(23)11-9-17/h5-12,16H,4,13-15H2,1-3H3,(H,24,27)/t16-/m1/s1. The molecule has 0 aromatic heterocycles. The van der Waals surface area contributed by atoms with Crippen LogP contribution in [0.3, 0.4) is 0 Å². The van der Waals surface area contributed by atoms with Crippen LogP contribution in [0.25, 0.3) is 0 Å². The summed E-state index contributed by atoms with van der Waals surface area (Å²) in [5.74, 6) is 1.56. The summed E-state index contributed by atoms with van der Waals surface area (Å²) in [5, 5.41) is 2.81. The van der Waals surface area contributed by atoms with Crippen LogP contribution in [-0.4, -0.2) is 42.2 Å². The van der Waals surface area contributed by atoms with Crippen LogP contribution in [0.5, 0.6) is 5.75 Å². The molecular weight excluding hydrogens is 452 g/mol. The van der Waals surface area contributed by atoms with Crippen molar-refractivity contribution in [1.82, 2.24) is 10.2 Å². The molecule has 0 fully saturated rings. The maximum absolute atomic E-state index is 13.0. The van der Waals surface area contributed by atoms with Crippen molar-refractivity contribution in [3.8, 4) is 5.75 Å². The zero-order valence-corrected chi connectivity index (χ0v) is 19.4. The molecule has 0 heterocycles. The second-order valence-electron chi connectivity index (χ2n) is 6.56. The third-order valence-electron chi connectivity index (χ3n) is 4.41. The summed E-state index contributed by atoms with van der Waals surface area (Å²) < 4.78 is 6.31. The predicted octanol–water partition coefficient (Wildman–Crippen LogP) is 4.24. The quantitative estimate of drug-likeness (QED) is 0.554. The van der Waals surface area contributed by atoms with Gasteiger partial charge in [0.2, 0.25) is 11.8 Å². The number of carbonyl (C=O) groups excluding carboxylic acids is 2. The summed E-state index contributed by atoms with van der Waals surface area (Å²) in [6, 6.07) is 15.1. The smallest absolute Gasteiger partial charge is 0.242 e. The number of rotatable bonds is 10. The first kappa shape index (κ1) is 23.3. The highest BCUT2D eigenvalue weighted by Gasteiger charge is 2.25. The Morgan fingerprint density at radius 1 is 1.17 bits per heavy atom. The Morgan fingerprint density at radius 3 is 2.55 bits per heavy atom. The molecule has 29 heavy (non-hydrogen) atoms. The lowest BCUT2D eigenvalue weighted by Crippen LogP contribution is -2.48. The van der Waals surface area contributed by atoms with Gasteiger partial charge >= 0.3 is 0 Å². The van der Waals surface area contributed by atoms with Crippen LogP contribution in [0.15, 0.2) is 53.0 Å². The molecule has 0 unspecified atom stereocenters. The van der Waals surface area contributed by atoms with Gasteiger partial charge in [0.1, 0.15) is 11.8 Å². The molecule has 2 rings (SSSR count). The minimum atomic E-state index is -0.554. The molecule has 0 saturated heterocycles. The van der Waals surface area contributed by atoms with Crippen molar-refractivity contribution in [2.45, 2.75) is 32.2 Å². The second-order valence-corrected chi connectivity index (χ2v) is 8.46. The Bertz CT molecular complexity index is 814. The van der Waals surface area contributed by atoms with Gasteiger partial charge in [-0.05, 0) is 49.2 Å². The Labute approximate surface area is 185 Å². The molecule has 156 valence electrons. The van der Waals surface area contributed by atoms with E-state index in [0.717, 1.165) is 27.1 Å². The first-order chi connectivity index (χ1) is 13.9. The number of amides is 2. The van der Waals surface area contributed by atoms with Crippen molar-refractivity contribution >= 4 is 39.5 Å². The van der Waals surface area contributed by atoms with Gasteiger partial charge < -0.3 is 15.0 Å². The molecule has 5 nitrogen and oxygen atoms in total. The van der Waals surface area contributed by atoms with E-state index >= 15 is 0 Å². The van der Waals surface area contributed by atoms with Crippen LogP contribution < -0.4 is 10.1 Å². The van der Waals surface area contributed by atoms with Crippen molar-refractivity contribution in [1.29, 1.82) is 0 Å². The number of hydrogen-bond donors (Lipinski definition) is 1. The molecule has 0 bridgehead atoms. The van der Waals surface area contributed by atoms with Gasteiger partial charge in [-0.3, -0.25) is 9.59 Å². The summed E-state index contributed by atoms with van der Waals surface area (Å²) >= 11 is 4.97. The van der Waals surface area contributed by atoms with Crippen LogP contribution in [0.4, 0.5) is 0 Å². The summed E-state index contributed by atoms with van der Waals surface area (Å²) in [7, 11) is 1.61. The number of nitrogens with one attached hydrogen (secondary N) is 1. The minimum absolute atomic E-state index is 0.0614.